The molecule has 0 aliphatic heterocycles. The number of rotatable bonds is 4. The summed E-state index contributed by atoms with van der Waals surface area (Å²) in [6, 6.07) is 27.8. The zero-order chi connectivity index (χ0) is 48.1. The van der Waals surface area contributed by atoms with Crippen LogP contribution >= 0.6 is 0 Å². The first-order chi connectivity index (χ1) is 30.5. The maximum Gasteiger partial charge on any atom is 0.417 e. The second-order valence-electron chi connectivity index (χ2n) is 15.2. The zero-order valence-electron chi connectivity index (χ0n) is 32.5. The topological polar surface area (TPSA) is 0 Å². The van der Waals surface area contributed by atoms with Crippen LogP contribution in [0.15, 0.2) is 133 Å². The van der Waals surface area contributed by atoms with Gasteiger partial charge in [0.1, 0.15) is 0 Å². The molecule has 0 N–H and O–H groups in total. The van der Waals surface area contributed by atoms with Crippen LogP contribution in [0, 0.1) is 0 Å². The van der Waals surface area contributed by atoms with Crippen molar-refractivity contribution in [2.75, 3.05) is 0 Å². The van der Waals surface area contributed by atoms with Gasteiger partial charge in [0.2, 0.25) is 0 Å². The highest BCUT2D eigenvalue weighted by Crippen LogP contribution is 2.50. The molecule has 8 aromatic rings. The van der Waals surface area contributed by atoms with Crippen LogP contribution < -0.4 is 0 Å². The van der Waals surface area contributed by atoms with Gasteiger partial charge in [-0.2, -0.15) is 79.0 Å². The molecule has 0 aromatic heterocycles. The smallest absolute Gasteiger partial charge is 0.166 e. The minimum atomic E-state index is -5.98. The van der Waals surface area contributed by atoms with E-state index in [-0.39, 0.29) is 35.4 Å². The molecule has 0 atom stereocenters. The van der Waals surface area contributed by atoms with E-state index in [1.165, 1.54) is 36.4 Å². The zero-order valence-corrected chi connectivity index (χ0v) is 32.5. The van der Waals surface area contributed by atoms with E-state index in [2.05, 4.69) is 0 Å². The summed E-state index contributed by atoms with van der Waals surface area (Å²) in [7, 11) is 0. The summed E-state index contributed by atoms with van der Waals surface area (Å²) in [6.45, 7) is 0. The van der Waals surface area contributed by atoms with Crippen molar-refractivity contribution < 1.29 is 79.0 Å². The molecule has 18 heteroatoms. The number of halogens is 18. The van der Waals surface area contributed by atoms with Crippen molar-refractivity contribution in [2.24, 2.45) is 0 Å². The normalized spacial score (nSPS) is 13.3. The Bertz CT molecular complexity index is 2930. The number of fused-ring (bicyclic) bond motifs is 3. The maximum absolute atomic E-state index is 13.9. The third-order valence-electron chi connectivity index (χ3n) is 10.9. The molecule has 66 heavy (non-hydrogen) atoms. The molecule has 8 aromatic carbocycles. The Morgan fingerprint density at radius 1 is 0.197 bits per heavy atom. The fraction of sp³-hybridized carbons (Fsp3) is 0.125. The Balaban J connectivity index is 1.15. The highest BCUT2D eigenvalue weighted by molar-refractivity contribution is 6.06. The van der Waals surface area contributed by atoms with Crippen LogP contribution in [0.25, 0.3) is 76.8 Å². The third-order valence-corrected chi connectivity index (χ3v) is 10.9. The molecule has 0 bridgehead atoms. The molecule has 0 fully saturated rings. The second-order valence-corrected chi connectivity index (χ2v) is 15.2. The molecule has 0 amide bonds. The van der Waals surface area contributed by atoms with E-state index in [4.69, 9.17) is 0 Å². The summed E-state index contributed by atoms with van der Waals surface area (Å²) in [5.41, 5.74) is -16.1. The lowest BCUT2D eigenvalue weighted by Crippen LogP contribution is -2.23. The molecule has 0 spiro atoms. The Labute approximate surface area is 359 Å². The lowest BCUT2D eigenvalue weighted by Gasteiger charge is -2.22. The van der Waals surface area contributed by atoms with Crippen molar-refractivity contribution in [1.29, 1.82) is 0 Å². The summed E-state index contributed by atoms with van der Waals surface area (Å²) in [4.78, 5) is 0. The maximum atomic E-state index is 13.9. The monoisotopic (exact) mass is 940 g/mol. The highest BCUT2D eigenvalue weighted by atomic mass is 19.4. The number of hydrogen-bond acceptors (Lipinski definition) is 0. The van der Waals surface area contributed by atoms with Gasteiger partial charge in [0, 0.05) is 0 Å². The quantitative estimate of drug-likeness (QED) is 0.122. The third kappa shape index (κ3) is 8.84. The van der Waals surface area contributed by atoms with E-state index in [1.807, 2.05) is 0 Å². The summed E-state index contributed by atoms with van der Waals surface area (Å²) in [5.74, 6) is 0. The molecule has 0 heterocycles. The lowest BCUT2D eigenvalue weighted by molar-refractivity contribution is -0.174. The Kier molecular flexibility index (Phi) is 10.7. The Morgan fingerprint density at radius 2 is 0.439 bits per heavy atom. The van der Waals surface area contributed by atoms with Crippen LogP contribution in [0.2, 0.25) is 0 Å². The molecule has 340 valence electrons. The van der Waals surface area contributed by atoms with E-state index in [0.717, 1.165) is 12.1 Å². The number of alkyl halides is 18. The van der Waals surface area contributed by atoms with Gasteiger partial charge < -0.3 is 0 Å². The molecule has 0 saturated carbocycles. The first kappa shape index (κ1) is 45.8. The van der Waals surface area contributed by atoms with Gasteiger partial charge in [-0.25, -0.2) is 0 Å². The van der Waals surface area contributed by atoms with Gasteiger partial charge in [0.15, 0.2) is 0 Å². The first-order valence-corrected chi connectivity index (χ1v) is 18.9. The fourth-order valence-corrected chi connectivity index (χ4v) is 7.99. The van der Waals surface area contributed by atoms with Crippen LogP contribution in [0.4, 0.5) is 79.0 Å². The summed E-state index contributed by atoms with van der Waals surface area (Å²) >= 11 is 0. The summed E-state index contributed by atoms with van der Waals surface area (Å²) in [5, 5.41) is 4.01. The molecular formula is C48H22F18. The van der Waals surface area contributed by atoms with Crippen molar-refractivity contribution in [3.8, 4) is 44.5 Å². The number of benzene rings is 8. The van der Waals surface area contributed by atoms with Crippen molar-refractivity contribution >= 4 is 32.3 Å². The van der Waals surface area contributed by atoms with Gasteiger partial charge in [-0.05, 0) is 150 Å². The minimum Gasteiger partial charge on any atom is -0.166 e. The highest BCUT2D eigenvalue weighted by Gasteiger charge is 2.52. The van der Waals surface area contributed by atoms with Crippen LogP contribution in [-0.4, -0.2) is 0 Å². The second kappa shape index (κ2) is 15.4. The van der Waals surface area contributed by atoms with Crippen molar-refractivity contribution in [3.05, 3.63) is 167 Å². The van der Waals surface area contributed by atoms with Crippen LogP contribution in [-0.2, 0) is 37.1 Å². The average Bonchev–Trinajstić information content (AvgIpc) is 3.21. The van der Waals surface area contributed by atoms with Gasteiger partial charge in [-0.15, -0.1) is 0 Å². The van der Waals surface area contributed by atoms with Gasteiger partial charge in [-0.3, -0.25) is 0 Å². The van der Waals surface area contributed by atoms with Crippen LogP contribution in [0.5, 0.6) is 0 Å². The SMILES string of the molecule is FC(F)(F)c1cc(-c2cccc(-c3ccc4cc5cc6cc(-c7cccc(-c8cc(C(F)(F)F)c(C(F)(F)F)c(C(F)(F)F)c8)c7)ccc6cc5cc4c3)c2)cc(C(F)(F)F)c1C(F)(F)F. The van der Waals surface area contributed by atoms with Gasteiger partial charge in [0.05, 0.1) is 33.4 Å². The predicted octanol–water partition coefficient (Wildman–Crippen LogP) is 17.9. The standard InChI is InChI=1S/C48H22F18/c49-43(50,51)37-19-35(20-38(44(52,53)54)41(37)47(61,62)63)25-5-1-3-23(11-25)27-7-9-29-15-34-18-32-14-28(8-10-30(32)16-33(34)17-31(29)13-27)24-4-2-6-26(12-24)36-21-39(45(55,56)57)42(48(64,65)66)40(22-36)46(58,59)60/h1-22H. The molecule has 0 aliphatic carbocycles. The average molecular weight is 941 g/mol. The van der Waals surface area contributed by atoms with E-state index in [0.29, 0.717) is 54.6 Å². The van der Waals surface area contributed by atoms with E-state index >= 15 is 0 Å². The molecule has 0 saturated heterocycles. The number of hydrogen-bond donors (Lipinski definition) is 0. The Morgan fingerprint density at radius 3 is 0.712 bits per heavy atom. The van der Waals surface area contributed by atoms with E-state index in [1.54, 1.807) is 60.7 Å². The van der Waals surface area contributed by atoms with Gasteiger partial charge in [0.25, 0.3) is 0 Å². The summed E-state index contributed by atoms with van der Waals surface area (Å²) < 4.78 is 248. The van der Waals surface area contributed by atoms with E-state index < -0.39 is 81.6 Å². The lowest BCUT2D eigenvalue weighted by atomic mass is 9.91. The van der Waals surface area contributed by atoms with Gasteiger partial charge >= 0.3 is 37.1 Å². The molecule has 8 rings (SSSR count). The van der Waals surface area contributed by atoms with Crippen LogP contribution in [0.1, 0.15) is 33.4 Å². The van der Waals surface area contributed by atoms with E-state index in [9.17, 15) is 79.0 Å². The molecule has 0 aliphatic rings. The molecule has 0 unspecified atom stereocenters. The van der Waals surface area contributed by atoms with Crippen LogP contribution in [0.3, 0.4) is 0 Å². The molecule has 0 nitrogen and oxygen atoms in total. The van der Waals surface area contributed by atoms with Gasteiger partial charge in [-0.1, -0.05) is 60.7 Å². The van der Waals surface area contributed by atoms with Crippen molar-refractivity contribution in [2.45, 2.75) is 37.1 Å². The van der Waals surface area contributed by atoms with Crippen molar-refractivity contribution in [1.82, 2.24) is 0 Å². The summed E-state index contributed by atoms with van der Waals surface area (Å²) in [6.07, 6.45) is -35.1. The molecular weight excluding hydrogens is 918 g/mol. The first-order valence-electron chi connectivity index (χ1n) is 18.9. The molecule has 0 radical (unpaired) electrons. The minimum absolute atomic E-state index is 0.0312. The largest absolute Gasteiger partial charge is 0.417 e. The predicted molar refractivity (Wildman–Crippen MR) is 211 cm³/mol. The Hall–Kier alpha value is -6.72. The fourth-order valence-electron chi connectivity index (χ4n) is 7.99. The van der Waals surface area contributed by atoms with Crippen molar-refractivity contribution in [3.63, 3.8) is 0 Å².